The van der Waals surface area contributed by atoms with Crippen LogP contribution in [0.4, 0.5) is 0 Å². The number of ether oxygens (including phenoxy) is 8. The van der Waals surface area contributed by atoms with E-state index in [1.807, 2.05) is 71.0 Å². The van der Waals surface area contributed by atoms with Gasteiger partial charge in [-0.25, -0.2) is 0 Å². The fourth-order valence-electron chi connectivity index (χ4n) is 10.3. The Bertz CT molecular complexity index is 2070. The second kappa shape index (κ2) is 27.2. The monoisotopic (exact) mass is 1010 g/mol. The molecule has 2 aromatic rings. The van der Waals surface area contributed by atoms with Crippen LogP contribution in [0.2, 0.25) is 0 Å². The third-order valence-corrected chi connectivity index (χ3v) is 15.7. The zero-order chi connectivity index (χ0) is 51.4. The highest BCUT2D eigenvalue weighted by Crippen LogP contribution is 2.37. The van der Waals surface area contributed by atoms with Gasteiger partial charge in [0, 0.05) is 49.7 Å². The first-order chi connectivity index (χ1) is 34.0. The maximum atomic E-state index is 14.5. The summed E-state index contributed by atoms with van der Waals surface area (Å²) in [7, 11) is 6.67. The van der Waals surface area contributed by atoms with Crippen molar-refractivity contribution in [2.24, 2.45) is 28.8 Å². The van der Waals surface area contributed by atoms with Gasteiger partial charge in [-0.1, -0.05) is 49.7 Å². The molecule has 17 atom stereocenters. The van der Waals surface area contributed by atoms with Gasteiger partial charge in [0.1, 0.15) is 30.1 Å². The van der Waals surface area contributed by atoms with Crippen LogP contribution in [0.1, 0.15) is 91.0 Å². The van der Waals surface area contributed by atoms with Crippen LogP contribution in [0.15, 0.2) is 65.5 Å². The molecule has 18 heteroatoms. The molecule has 0 spiro atoms. The number of ketones is 1. The van der Waals surface area contributed by atoms with E-state index >= 15 is 0 Å². The Labute approximate surface area is 423 Å². The number of hydrogen-bond donors (Lipinski definition) is 3. The van der Waals surface area contributed by atoms with Gasteiger partial charge in [0.2, 0.25) is 0 Å². The Morgan fingerprint density at radius 3 is 2.44 bits per heavy atom. The Kier molecular flexibility index (Phi) is 21.7. The zero-order valence-electron chi connectivity index (χ0n) is 43.2. The number of likely N-dealkylation sites (N-methyl/N-ethyl adjacent to an activating group) is 1. The van der Waals surface area contributed by atoms with Crippen LogP contribution in [-0.2, 0) is 52.3 Å². The van der Waals surface area contributed by atoms with Crippen molar-refractivity contribution in [2.45, 2.75) is 160 Å². The average molecular weight is 1010 g/mol. The molecule has 0 aromatic carbocycles. The molecule has 17 nitrogen and oxygen atoms in total. The Hall–Kier alpha value is -3.50. The van der Waals surface area contributed by atoms with Crippen molar-refractivity contribution < 1.29 is 67.6 Å². The molecule has 3 N–H and O–H groups in total. The lowest BCUT2D eigenvalue weighted by Gasteiger charge is -2.47. The Morgan fingerprint density at radius 1 is 0.958 bits per heavy atom. The Morgan fingerprint density at radius 2 is 1.73 bits per heavy atom. The molecular formula is C53H79N3O14S. The number of methoxy groups -OCH3 is 2. The van der Waals surface area contributed by atoms with E-state index in [0.717, 1.165) is 21.0 Å². The Balaban J connectivity index is 1.33. The zero-order valence-corrected chi connectivity index (χ0v) is 44.0. The van der Waals surface area contributed by atoms with Crippen molar-refractivity contribution in [3.8, 4) is 10.6 Å². The predicted octanol–water partition coefficient (Wildman–Crippen LogP) is 6.09. The lowest BCUT2D eigenvalue weighted by Crippen LogP contribution is -2.63. The summed E-state index contributed by atoms with van der Waals surface area (Å²) >= 11 is 1.57. The van der Waals surface area contributed by atoms with Crippen molar-refractivity contribution in [3.05, 3.63) is 65.2 Å². The normalized spacial score (nSPS) is 37.4. The first kappa shape index (κ1) is 56.8. The van der Waals surface area contributed by atoms with Crippen molar-refractivity contribution in [1.82, 2.24) is 9.88 Å². The molecule has 5 heterocycles. The van der Waals surface area contributed by atoms with Crippen LogP contribution in [-0.4, -0.2) is 171 Å². The molecule has 0 radical (unpaired) electrons. The molecule has 71 heavy (non-hydrogen) atoms. The van der Waals surface area contributed by atoms with Crippen LogP contribution in [0.3, 0.4) is 0 Å². The van der Waals surface area contributed by atoms with Gasteiger partial charge in [-0.3, -0.25) is 14.6 Å². The number of aliphatic hydroxyl groups is 3. The highest BCUT2D eigenvalue weighted by molar-refractivity contribution is 7.15. The third kappa shape index (κ3) is 15.1. The highest BCUT2D eigenvalue weighted by atomic mass is 32.1. The van der Waals surface area contributed by atoms with Crippen molar-refractivity contribution in [2.75, 3.05) is 54.7 Å². The molecule has 4 aliphatic rings. The van der Waals surface area contributed by atoms with Gasteiger partial charge in [0.05, 0.1) is 79.5 Å². The summed E-state index contributed by atoms with van der Waals surface area (Å²) in [5, 5.41) is 38.1. The largest absolute Gasteiger partial charge is 0.462 e. The topological polar surface area (TPSA) is 206 Å². The van der Waals surface area contributed by atoms with E-state index in [0.29, 0.717) is 37.8 Å². The summed E-state index contributed by atoms with van der Waals surface area (Å²) in [6.45, 7) is 11.8. The van der Waals surface area contributed by atoms with E-state index in [-0.39, 0.29) is 44.5 Å². The van der Waals surface area contributed by atoms with Gasteiger partial charge in [0.15, 0.2) is 18.2 Å². The standard InChI is InChI=1S/C53H79N3O14S/c1-11-41-36(27-65-42-18-17-40(58)51(62-9)52(42)63-10)24-30(2)15-16-39(57)31(3)25-35-21-23-64-28-37(55-70-33(5)44-19-20-45(71-44)38-14-12-13-22-54-38)29-66-43(26-46(59)68-41)32(4)50(35)69-53-49(61)47(56(7)8)48(60)34(6)67-53/h12-16,19-20,22,24,31-36,40-43,47-53,58,60-61H,11,17-18,21,23,25-29H2,1-10H3/b16-15+,30-24+,55-37+/t31-,32+,33+,34-,35?,36-,40-,41-,42-,43-,47+,48-,49-,50-,51-,52+,53+/m1/s1. The molecule has 396 valence electrons. The maximum absolute atomic E-state index is 14.5. The molecule has 1 aliphatic carbocycles. The number of nitrogens with zero attached hydrogens (tertiary/aromatic N) is 3. The number of fused-ring (bicyclic) bond motifs is 3. The SMILES string of the molecule is CC[C@H]1OC(=O)C[C@H]2OC/C(=N/O[C@@H](C)c3ccc(-c4ccccn4)s3)COCCC(C[C@@H](C)C(=O)/C=C/C(C)=C/[C@@H]1CO[C@@H]1CC[C@@H](O)[C@@H](OC)[C@H]1OC)[C@H](O[C@@H]1O[C@H](C)[C@@H](O)[C@H](N(C)C)[C@H]1O)[C@H]2C. The van der Waals surface area contributed by atoms with Crippen LogP contribution in [0.25, 0.3) is 10.6 Å². The fourth-order valence-corrected chi connectivity index (χ4v) is 11.2. The number of rotatable bonds is 13. The van der Waals surface area contributed by atoms with E-state index < -0.39 is 103 Å². The number of pyridine rings is 1. The number of cyclic esters (lactones) is 1. The smallest absolute Gasteiger partial charge is 0.308 e. The molecule has 0 amide bonds. The van der Waals surface area contributed by atoms with E-state index in [9.17, 15) is 24.9 Å². The minimum atomic E-state index is -1.25. The van der Waals surface area contributed by atoms with E-state index in [1.54, 1.807) is 62.7 Å². The first-order valence-corrected chi connectivity index (χ1v) is 26.0. The molecule has 3 aliphatic heterocycles. The molecule has 2 bridgehead atoms. The third-order valence-electron chi connectivity index (χ3n) is 14.4. The van der Waals surface area contributed by atoms with E-state index in [2.05, 4.69) is 10.1 Å². The van der Waals surface area contributed by atoms with Gasteiger partial charge in [-0.2, -0.15) is 0 Å². The summed E-state index contributed by atoms with van der Waals surface area (Å²) in [5.74, 6) is -2.42. The molecule has 2 aromatic heterocycles. The molecular weight excluding hydrogens is 935 g/mol. The van der Waals surface area contributed by atoms with Crippen molar-refractivity contribution >= 4 is 28.8 Å². The van der Waals surface area contributed by atoms with Gasteiger partial charge >= 0.3 is 5.97 Å². The number of aliphatic hydroxyl groups excluding tert-OH is 3. The van der Waals surface area contributed by atoms with Crippen molar-refractivity contribution in [3.63, 3.8) is 0 Å². The summed E-state index contributed by atoms with van der Waals surface area (Å²) in [6, 6.07) is 9.09. The van der Waals surface area contributed by atoms with E-state index in [4.69, 9.17) is 42.7 Å². The first-order valence-electron chi connectivity index (χ1n) is 25.2. The summed E-state index contributed by atoms with van der Waals surface area (Å²) < 4.78 is 50.6. The van der Waals surface area contributed by atoms with Gasteiger partial charge in [-0.15, -0.1) is 11.3 Å². The summed E-state index contributed by atoms with van der Waals surface area (Å²) in [5.41, 5.74) is 2.12. The van der Waals surface area contributed by atoms with Crippen LogP contribution in [0, 0.1) is 23.7 Å². The molecule has 1 unspecified atom stereocenters. The number of carbonyl (C=O) groups is 2. The fraction of sp³-hybridized carbons (Fsp3) is 0.698. The second-order valence-electron chi connectivity index (χ2n) is 19.9. The average Bonchev–Trinajstić information content (AvgIpc) is 3.85. The molecule has 6 rings (SSSR count). The van der Waals surface area contributed by atoms with Gasteiger partial charge in [-0.05, 0) is 103 Å². The van der Waals surface area contributed by atoms with Gasteiger partial charge in [0.25, 0.3) is 0 Å². The number of esters is 1. The van der Waals surface area contributed by atoms with Crippen LogP contribution >= 0.6 is 11.3 Å². The van der Waals surface area contributed by atoms with Crippen molar-refractivity contribution in [1.29, 1.82) is 0 Å². The minimum Gasteiger partial charge on any atom is -0.462 e. The lowest BCUT2D eigenvalue weighted by atomic mass is 9.79. The number of aromatic nitrogens is 1. The maximum Gasteiger partial charge on any atom is 0.308 e. The van der Waals surface area contributed by atoms with Crippen LogP contribution in [0.5, 0.6) is 0 Å². The minimum absolute atomic E-state index is 0.0565. The van der Waals surface area contributed by atoms with Crippen LogP contribution < -0.4 is 0 Å². The predicted molar refractivity (Wildman–Crippen MR) is 268 cm³/mol. The molecule has 1 saturated carbocycles. The van der Waals surface area contributed by atoms with Gasteiger partial charge < -0.3 is 63.0 Å². The second-order valence-corrected chi connectivity index (χ2v) is 21.0. The number of oxime groups is 1. The number of allylic oxidation sites excluding steroid dienone is 3. The molecule has 3 fully saturated rings. The number of hydrogen-bond acceptors (Lipinski definition) is 18. The quantitative estimate of drug-likeness (QED) is 0.153. The number of thiophene rings is 1. The lowest BCUT2D eigenvalue weighted by molar-refractivity contribution is -0.305. The summed E-state index contributed by atoms with van der Waals surface area (Å²) in [4.78, 5) is 42.9. The number of carbonyl (C=O) groups excluding carboxylic acids is 2. The highest BCUT2D eigenvalue weighted by Gasteiger charge is 2.48. The molecule has 2 saturated heterocycles. The summed E-state index contributed by atoms with van der Waals surface area (Å²) in [6.07, 6.45) is 0.261. The van der Waals surface area contributed by atoms with E-state index in [1.165, 1.54) is 7.11 Å².